The molecule has 0 aliphatic heterocycles. The average molecular weight is 359 g/mol. The molecule has 0 radical (unpaired) electrons. The zero-order valence-corrected chi connectivity index (χ0v) is 13.8. The summed E-state index contributed by atoms with van der Waals surface area (Å²) in [6.45, 7) is 4.22. The van der Waals surface area contributed by atoms with Crippen LogP contribution in [0.2, 0.25) is 0 Å². The predicted octanol–water partition coefficient (Wildman–Crippen LogP) is 3.79. The Bertz CT molecular complexity index is 759. The van der Waals surface area contributed by atoms with Gasteiger partial charge in [-0.1, -0.05) is 6.92 Å². The Hall–Kier alpha value is -2.71. The number of Topliss-reactive ketones (excluding diaryl/α,β-unsaturated/α-hetero) is 2. The fraction of sp³-hybridized carbons (Fsp3) is 0.375. The number of carbonyl (C=O) groups excluding carboxylic acids is 2. The van der Waals surface area contributed by atoms with E-state index in [9.17, 15) is 32.9 Å². The molecule has 0 aromatic heterocycles. The van der Waals surface area contributed by atoms with Crippen LogP contribution in [-0.2, 0) is 9.53 Å². The van der Waals surface area contributed by atoms with Gasteiger partial charge in [0.05, 0.1) is 23.4 Å². The smallest absolute Gasteiger partial charge is 0.311 e. The topological polar surface area (TPSA) is 86.5 Å². The molecule has 0 bridgehead atoms. The number of carbonyl (C=O) groups is 2. The Balaban J connectivity index is 3.64. The zero-order chi connectivity index (χ0) is 19.3. The van der Waals surface area contributed by atoms with Gasteiger partial charge in [-0.2, -0.15) is 4.39 Å². The highest BCUT2D eigenvalue weighted by Gasteiger charge is 2.35. The standard InChI is InChI=1S/C16H16F3NO5/c1-4-6-10(21)9(7-25-5-2)16(22)11-8(3)15(20(23)24)14(19)13(18)12(11)17/h7H,4-6H2,1-3H3/b9-7+. The van der Waals surface area contributed by atoms with E-state index in [1.165, 1.54) is 0 Å². The first-order valence-electron chi connectivity index (χ1n) is 7.39. The van der Waals surface area contributed by atoms with Gasteiger partial charge in [0.15, 0.2) is 11.6 Å². The van der Waals surface area contributed by atoms with Crippen LogP contribution in [0, 0.1) is 34.5 Å². The van der Waals surface area contributed by atoms with Gasteiger partial charge in [-0.05, 0) is 20.3 Å². The van der Waals surface area contributed by atoms with Gasteiger partial charge in [0.25, 0.3) is 0 Å². The van der Waals surface area contributed by atoms with Crippen LogP contribution in [0.1, 0.15) is 42.6 Å². The molecule has 0 saturated carbocycles. The van der Waals surface area contributed by atoms with E-state index in [1.807, 2.05) is 0 Å². The maximum atomic E-state index is 14.1. The fourth-order valence-corrected chi connectivity index (χ4v) is 2.15. The largest absolute Gasteiger partial charge is 0.501 e. The number of benzene rings is 1. The molecule has 1 aromatic carbocycles. The molecule has 0 saturated heterocycles. The van der Waals surface area contributed by atoms with Crippen molar-refractivity contribution in [2.24, 2.45) is 0 Å². The molecule has 0 atom stereocenters. The number of allylic oxidation sites excluding steroid dienone is 1. The van der Waals surface area contributed by atoms with Crippen LogP contribution in [0.5, 0.6) is 0 Å². The van der Waals surface area contributed by atoms with Crippen LogP contribution in [0.15, 0.2) is 11.8 Å². The van der Waals surface area contributed by atoms with Crippen molar-refractivity contribution in [3.8, 4) is 0 Å². The van der Waals surface area contributed by atoms with Crippen LogP contribution < -0.4 is 0 Å². The average Bonchev–Trinajstić information content (AvgIpc) is 2.53. The predicted molar refractivity (Wildman–Crippen MR) is 81.7 cm³/mol. The summed E-state index contributed by atoms with van der Waals surface area (Å²) in [5.41, 5.74) is -3.73. The molecular weight excluding hydrogens is 343 g/mol. The number of ether oxygens (including phenoxy) is 1. The van der Waals surface area contributed by atoms with E-state index < -0.39 is 56.3 Å². The number of halogens is 3. The summed E-state index contributed by atoms with van der Waals surface area (Å²) in [6, 6.07) is 0. The van der Waals surface area contributed by atoms with E-state index in [-0.39, 0.29) is 13.0 Å². The minimum absolute atomic E-state index is 0.0723. The number of nitro benzene ring substituents is 1. The molecule has 0 amide bonds. The lowest BCUT2D eigenvalue weighted by atomic mass is 9.94. The molecule has 0 spiro atoms. The highest BCUT2D eigenvalue weighted by atomic mass is 19.2. The van der Waals surface area contributed by atoms with Crippen molar-refractivity contribution in [1.82, 2.24) is 0 Å². The summed E-state index contributed by atoms with van der Waals surface area (Å²) in [5, 5.41) is 10.9. The maximum absolute atomic E-state index is 14.1. The van der Waals surface area contributed by atoms with Crippen LogP contribution in [0.25, 0.3) is 0 Å². The molecule has 1 aromatic rings. The monoisotopic (exact) mass is 359 g/mol. The summed E-state index contributed by atoms with van der Waals surface area (Å²) >= 11 is 0. The fourth-order valence-electron chi connectivity index (χ4n) is 2.15. The molecule has 25 heavy (non-hydrogen) atoms. The van der Waals surface area contributed by atoms with Gasteiger partial charge in [0.1, 0.15) is 5.57 Å². The lowest BCUT2D eigenvalue weighted by molar-refractivity contribution is -0.388. The molecule has 0 N–H and O–H groups in total. The second kappa shape index (κ2) is 8.41. The normalized spacial score (nSPS) is 11.4. The van der Waals surface area contributed by atoms with Crippen molar-refractivity contribution in [2.75, 3.05) is 6.61 Å². The summed E-state index contributed by atoms with van der Waals surface area (Å²) in [5.74, 6) is -8.06. The number of nitrogens with zero attached hydrogens (tertiary/aromatic N) is 1. The SMILES string of the molecule is CCCC(=O)/C(=C\OCC)C(=O)c1c(C)c([N+](=O)[O-])c(F)c(F)c1F. The maximum Gasteiger partial charge on any atom is 0.311 e. The highest BCUT2D eigenvalue weighted by molar-refractivity contribution is 6.26. The van der Waals surface area contributed by atoms with Crippen molar-refractivity contribution in [2.45, 2.75) is 33.6 Å². The summed E-state index contributed by atoms with van der Waals surface area (Å²) in [7, 11) is 0. The van der Waals surface area contributed by atoms with Gasteiger partial charge < -0.3 is 4.74 Å². The first kappa shape index (κ1) is 20.3. The Morgan fingerprint density at radius 3 is 2.24 bits per heavy atom. The quantitative estimate of drug-likeness (QED) is 0.103. The van der Waals surface area contributed by atoms with Gasteiger partial charge in [-0.3, -0.25) is 19.7 Å². The van der Waals surface area contributed by atoms with E-state index in [4.69, 9.17) is 4.74 Å². The van der Waals surface area contributed by atoms with Crippen molar-refractivity contribution in [1.29, 1.82) is 0 Å². The van der Waals surface area contributed by atoms with E-state index in [1.54, 1.807) is 13.8 Å². The molecule has 0 aliphatic rings. The van der Waals surface area contributed by atoms with Crippen molar-refractivity contribution < 1.29 is 32.4 Å². The first-order chi connectivity index (χ1) is 11.7. The van der Waals surface area contributed by atoms with E-state index in [0.29, 0.717) is 6.42 Å². The van der Waals surface area contributed by atoms with Crippen LogP contribution in [0.3, 0.4) is 0 Å². The molecule has 1 rings (SSSR count). The third-order valence-electron chi connectivity index (χ3n) is 3.34. The van der Waals surface area contributed by atoms with Gasteiger partial charge in [0.2, 0.25) is 17.4 Å². The number of nitro groups is 1. The van der Waals surface area contributed by atoms with Crippen molar-refractivity contribution in [3.05, 3.63) is 50.5 Å². The molecule has 0 fully saturated rings. The van der Waals surface area contributed by atoms with Gasteiger partial charge in [0, 0.05) is 12.0 Å². The Labute approximate surface area is 141 Å². The van der Waals surface area contributed by atoms with Gasteiger partial charge in [-0.15, -0.1) is 0 Å². The van der Waals surface area contributed by atoms with Gasteiger partial charge in [-0.25, -0.2) is 8.78 Å². The van der Waals surface area contributed by atoms with E-state index >= 15 is 0 Å². The summed E-state index contributed by atoms with van der Waals surface area (Å²) in [6.07, 6.45) is 1.10. The first-order valence-corrected chi connectivity index (χ1v) is 7.39. The van der Waals surface area contributed by atoms with Crippen LogP contribution >= 0.6 is 0 Å². The second-order valence-electron chi connectivity index (χ2n) is 5.04. The number of rotatable bonds is 8. The lowest BCUT2D eigenvalue weighted by Gasteiger charge is -2.11. The molecule has 0 unspecified atom stereocenters. The second-order valence-corrected chi connectivity index (χ2v) is 5.04. The third kappa shape index (κ3) is 4.04. The Morgan fingerprint density at radius 2 is 1.76 bits per heavy atom. The van der Waals surface area contributed by atoms with Crippen LogP contribution in [-0.4, -0.2) is 23.1 Å². The Morgan fingerprint density at radius 1 is 1.16 bits per heavy atom. The zero-order valence-electron chi connectivity index (χ0n) is 13.8. The number of hydrogen-bond donors (Lipinski definition) is 0. The molecule has 0 aliphatic carbocycles. The minimum atomic E-state index is -2.15. The highest BCUT2D eigenvalue weighted by Crippen LogP contribution is 2.32. The molecule has 9 heteroatoms. The molecular formula is C16H16F3NO5. The van der Waals surface area contributed by atoms with Crippen molar-refractivity contribution >= 4 is 17.3 Å². The Kier molecular flexibility index (Phi) is 6.84. The van der Waals surface area contributed by atoms with Crippen LogP contribution in [0.4, 0.5) is 18.9 Å². The number of hydrogen-bond acceptors (Lipinski definition) is 5. The molecule has 136 valence electrons. The minimum Gasteiger partial charge on any atom is -0.501 e. The van der Waals surface area contributed by atoms with E-state index in [2.05, 4.69) is 0 Å². The molecule has 0 heterocycles. The van der Waals surface area contributed by atoms with Gasteiger partial charge >= 0.3 is 5.69 Å². The molecule has 6 nitrogen and oxygen atoms in total. The third-order valence-corrected chi connectivity index (χ3v) is 3.34. The number of ketones is 2. The van der Waals surface area contributed by atoms with Crippen molar-refractivity contribution in [3.63, 3.8) is 0 Å². The lowest BCUT2D eigenvalue weighted by Crippen LogP contribution is -2.19. The summed E-state index contributed by atoms with van der Waals surface area (Å²) < 4.78 is 46.3. The summed E-state index contributed by atoms with van der Waals surface area (Å²) in [4.78, 5) is 34.2. The van der Waals surface area contributed by atoms with E-state index in [0.717, 1.165) is 13.2 Å².